The van der Waals surface area contributed by atoms with Crippen LogP contribution in [0.1, 0.15) is 28.0 Å². The Morgan fingerprint density at radius 1 is 1.24 bits per heavy atom. The Morgan fingerprint density at radius 3 is 2.56 bits per heavy atom. The summed E-state index contributed by atoms with van der Waals surface area (Å²) in [5.74, 6) is -0.0329. The fourth-order valence-corrected chi connectivity index (χ4v) is 3.54. The number of hydrogen-bond acceptors (Lipinski definition) is 4. The molecule has 132 valence electrons. The Balaban J connectivity index is 1.84. The van der Waals surface area contributed by atoms with Crippen LogP contribution in [0, 0.1) is 6.92 Å². The van der Waals surface area contributed by atoms with Crippen LogP contribution in [0.25, 0.3) is 0 Å². The molecule has 2 heterocycles. The topological polar surface area (TPSA) is 56.7 Å². The molecule has 1 aliphatic rings. The summed E-state index contributed by atoms with van der Waals surface area (Å²) in [5, 5.41) is 11.4. The highest BCUT2D eigenvalue weighted by atomic mass is 16.3. The van der Waals surface area contributed by atoms with Crippen LogP contribution in [0.2, 0.25) is 0 Å². The minimum Gasteiger partial charge on any atom is -0.383 e. The molecule has 0 unspecified atom stereocenters. The summed E-state index contributed by atoms with van der Waals surface area (Å²) in [7, 11) is 3.89. The highest BCUT2D eigenvalue weighted by Crippen LogP contribution is 2.35. The maximum absolute atomic E-state index is 12.8. The molecule has 5 nitrogen and oxygen atoms in total. The zero-order valence-electron chi connectivity index (χ0n) is 15.0. The van der Waals surface area contributed by atoms with Crippen LogP contribution >= 0.6 is 0 Å². The molecule has 0 saturated carbocycles. The van der Waals surface area contributed by atoms with Gasteiger partial charge in [0.1, 0.15) is 5.60 Å². The van der Waals surface area contributed by atoms with E-state index < -0.39 is 5.60 Å². The molecule has 1 aromatic carbocycles. The van der Waals surface area contributed by atoms with E-state index in [1.165, 1.54) is 0 Å². The molecule has 0 aliphatic carbocycles. The summed E-state index contributed by atoms with van der Waals surface area (Å²) in [4.78, 5) is 20.8. The van der Waals surface area contributed by atoms with Crippen molar-refractivity contribution in [2.75, 3.05) is 27.2 Å². The molecule has 1 amide bonds. The van der Waals surface area contributed by atoms with Crippen LogP contribution in [0.15, 0.2) is 48.7 Å². The maximum atomic E-state index is 12.8. The predicted molar refractivity (Wildman–Crippen MR) is 97.3 cm³/mol. The Morgan fingerprint density at radius 2 is 1.96 bits per heavy atom. The standard InChI is InChI=1S/C20H25N3O2/c1-15-9-10-16(13-21-15)19(24)23-12-11-20(25,18(14-23)22(2)3)17-7-5-4-6-8-17/h4-10,13,18,25H,11-12,14H2,1-3H3/t18-,20+/m1/s1. The van der Waals surface area contributed by atoms with Gasteiger partial charge in [-0.05, 0) is 45.1 Å². The molecule has 0 radical (unpaired) electrons. The van der Waals surface area contributed by atoms with Gasteiger partial charge < -0.3 is 14.9 Å². The van der Waals surface area contributed by atoms with Crippen LogP contribution in [-0.4, -0.2) is 59.0 Å². The Hall–Kier alpha value is -2.24. The van der Waals surface area contributed by atoms with Gasteiger partial charge in [0.2, 0.25) is 0 Å². The lowest BCUT2D eigenvalue weighted by Gasteiger charge is -2.47. The van der Waals surface area contributed by atoms with Crippen molar-refractivity contribution >= 4 is 5.91 Å². The van der Waals surface area contributed by atoms with Crippen molar-refractivity contribution in [3.05, 3.63) is 65.5 Å². The molecule has 1 aromatic heterocycles. The van der Waals surface area contributed by atoms with Gasteiger partial charge in [0.25, 0.3) is 5.91 Å². The van der Waals surface area contributed by atoms with E-state index in [0.717, 1.165) is 11.3 Å². The van der Waals surface area contributed by atoms with Crippen LogP contribution in [0.3, 0.4) is 0 Å². The molecule has 25 heavy (non-hydrogen) atoms. The van der Waals surface area contributed by atoms with E-state index in [4.69, 9.17) is 0 Å². The Kier molecular flexibility index (Phi) is 4.88. The monoisotopic (exact) mass is 339 g/mol. The first kappa shape index (κ1) is 17.6. The van der Waals surface area contributed by atoms with Gasteiger partial charge in [0.15, 0.2) is 0 Å². The highest BCUT2D eigenvalue weighted by molar-refractivity contribution is 5.94. The average Bonchev–Trinajstić information content (AvgIpc) is 2.62. The summed E-state index contributed by atoms with van der Waals surface area (Å²) >= 11 is 0. The van der Waals surface area contributed by atoms with Gasteiger partial charge in [-0.2, -0.15) is 0 Å². The van der Waals surface area contributed by atoms with Crippen molar-refractivity contribution in [3.8, 4) is 0 Å². The lowest BCUT2D eigenvalue weighted by molar-refractivity contribution is -0.0810. The molecule has 5 heteroatoms. The maximum Gasteiger partial charge on any atom is 0.255 e. The molecule has 2 atom stereocenters. The number of amides is 1. The van der Waals surface area contributed by atoms with E-state index >= 15 is 0 Å². The summed E-state index contributed by atoms with van der Waals surface area (Å²) < 4.78 is 0. The smallest absolute Gasteiger partial charge is 0.255 e. The number of benzene rings is 1. The molecule has 1 saturated heterocycles. The van der Waals surface area contributed by atoms with Crippen molar-refractivity contribution in [2.24, 2.45) is 0 Å². The third-order valence-corrected chi connectivity index (χ3v) is 5.05. The second kappa shape index (κ2) is 6.94. The third kappa shape index (κ3) is 3.43. The van der Waals surface area contributed by atoms with Gasteiger partial charge in [0, 0.05) is 25.0 Å². The predicted octanol–water partition coefficient (Wildman–Crippen LogP) is 2.05. The first-order chi connectivity index (χ1) is 11.9. The SMILES string of the molecule is Cc1ccc(C(=O)N2CC[C@](O)(c3ccccc3)[C@H](N(C)C)C2)cn1. The number of hydrogen-bond donors (Lipinski definition) is 1. The molecular formula is C20H25N3O2. The minimum absolute atomic E-state index is 0.0329. The zero-order valence-corrected chi connectivity index (χ0v) is 15.0. The van der Waals surface area contributed by atoms with Gasteiger partial charge >= 0.3 is 0 Å². The number of rotatable bonds is 3. The van der Waals surface area contributed by atoms with Crippen molar-refractivity contribution in [3.63, 3.8) is 0 Å². The first-order valence-electron chi connectivity index (χ1n) is 8.58. The largest absolute Gasteiger partial charge is 0.383 e. The summed E-state index contributed by atoms with van der Waals surface area (Å²) in [6.07, 6.45) is 2.13. The number of carbonyl (C=O) groups excluding carboxylic acids is 1. The van der Waals surface area contributed by atoms with E-state index in [1.54, 1.807) is 6.20 Å². The van der Waals surface area contributed by atoms with E-state index in [9.17, 15) is 9.90 Å². The number of aryl methyl sites for hydroxylation is 1. The molecule has 2 aromatic rings. The van der Waals surface area contributed by atoms with Gasteiger partial charge in [-0.1, -0.05) is 30.3 Å². The van der Waals surface area contributed by atoms with Gasteiger partial charge in [0.05, 0.1) is 11.6 Å². The molecule has 0 spiro atoms. The number of carbonyl (C=O) groups is 1. The molecule has 1 fully saturated rings. The lowest BCUT2D eigenvalue weighted by atomic mass is 9.79. The van der Waals surface area contributed by atoms with E-state index in [0.29, 0.717) is 25.1 Å². The van der Waals surface area contributed by atoms with Crippen LogP contribution < -0.4 is 0 Å². The van der Waals surface area contributed by atoms with E-state index in [1.807, 2.05) is 73.3 Å². The van der Waals surface area contributed by atoms with Crippen LogP contribution in [0.5, 0.6) is 0 Å². The number of pyridine rings is 1. The number of aliphatic hydroxyl groups is 1. The minimum atomic E-state index is -0.965. The highest BCUT2D eigenvalue weighted by Gasteiger charge is 2.45. The number of nitrogens with zero attached hydrogens (tertiary/aromatic N) is 3. The van der Waals surface area contributed by atoms with Crippen molar-refractivity contribution in [1.29, 1.82) is 0 Å². The summed E-state index contributed by atoms with van der Waals surface area (Å²) in [6, 6.07) is 13.2. The fourth-order valence-electron chi connectivity index (χ4n) is 3.54. The number of aromatic nitrogens is 1. The number of likely N-dealkylation sites (tertiary alicyclic amines) is 1. The molecule has 0 bridgehead atoms. The van der Waals surface area contributed by atoms with E-state index in [-0.39, 0.29) is 11.9 Å². The third-order valence-electron chi connectivity index (χ3n) is 5.05. The fraction of sp³-hybridized carbons (Fsp3) is 0.400. The quantitative estimate of drug-likeness (QED) is 0.930. The second-order valence-electron chi connectivity index (χ2n) is 6.96. The van der Waals surface area contributed by atoms with Gasteiger partial charge in [-0.25, -0.2) is 0 Å². The van der Waals surface area contributed by atoms with Crippen LogP contribution in [-0.2, 0) is 5.60 Å². The molecule has 1 aliphatic heterocycles. The summed E-state index contributed by atoms with van der Waals surface area (Å²) in [5.41, 5.74) is 1.42. The normalized spacial score (nSPS) is 23.7. The van der Waals surface area contributed by atoms with Gasteiger partial charge in [-0.15, -0.1) is 0 Å². The Bertz CT molecular complexity index is 730. The second-order valence-corrected chi connectivity index (χ2v) is 6.96. The van der Waals surface area contributed by atoms with E-state index in [2.05, 4.69) is 4.98 Å². The molecule has 1 N–H and O–H groups in total. The molecule has 3 rings (SSSR count). The number of likely N-dealkylation sites (N-methyl/N-ethyl adjacent to an activating group) is 1. The lowest BCUT2D eigenvalue weighted by Crippen LogP contribution is -2.60. The molecular weight excluding hydrogens is 314 g/mol. The van der Waals surface area contributed by atoms with Crippen LogP contribution in [0.4, 0.5) is 0 Å². The Labute approximate surface area is 148 Å². The van der Waals surface area contributed by atoms with Gasteiger partial charge in [-0.3, -0.25) is 9.78 Å². The first-order valence-corrected chi connectivity index (χ1v) is 8.58. The van der Waals surface area contributed by atoms with Crippen molar-refractivity contribution in [1.82, 2.24) is 14.8 Å². The van der Waals surface area contributed by atoms with Crippen molar-refractivity contribution < 1.29 is 9.90 Å². The average molecular weight is 339 g/mol. The number of piperidine rings is 1. The summed E-state index contributed by atoms with van der Waals surface area (Å²) in [6.45, 7) is 2.89. The van der Waals surface area contributed by atoms with Crippen molar-refractivity contribution in [2.45, 2.75) is 25.0 Å². The zero-order chi connectivity index (χ0) is 18.0.